The zero-order chi connectivity index (χ0) is 26.4. The molecule has 0 amide bonds. The molecule has 1 unspecified atom stereocenters. The van der Waals surface area contributed by atoms with Gasteiger partial charge < -0.3 is 9.84 Å². The number of aromatic carboxylic acids is 1. The summed E-state index contributed by atoms with van der Waals surface area (Å²) in [5.74, 6) is -0.619. The first-order valence-corrected chi connectivity index (χ1v) is 15.0. The first kappa shape index (κ1) is 32.2. The second kappa shape index (κ2) is 21.3. The molecule has 0 aliphatic heterocycles. The molecule has 4 heteroatoms. The average Bonchev–Trinajstić information content (AvgIpc) is 2.86. The zero-order valence-corrected chi connectivity index (χ0v) is 23.6. The van der Waals surface area contributed by atoms with Crippen LogP contribution in [-0.2, 0) is 4.74 Å². The molecule has 1 atom stereocenters. The van der Waals surface area contributed by atoms with Crippen molar-refractivity contribution in [1.82, 2.24) is 0 Å². The summed E-state index contributed by atoms with van der Waals surface area (Å²) in [6.07, 6.45) is 23.4. The first-order valence-electron chi connectivity index (χ1n) is 15.0. The Balaban J connectivity index is 2.40. The molecule has 1 rings (SSSR count). The van der Waals surface area contributed by atoms with Gasteiger partial charge in [0.15, 0.2) is 0 Å². The molecule has 0 bridgehead atoms. The monoisotopic (exact) mass is 502 g/mol. The zero-order valence-electron chi connectivity index (χ0n) is 23.6. The molecule has 4 nitrogen and oxygen atoms in total. The number of hydrogen-bond donors (Lipinski definition) is 1. The Morgan fingerprint density at radius 1 is 0.694 bits per heavy atom. The number of carboxylic acid groups (broad SMARTS) is 1. The van der Waals surface area contributed by atoms with Crippen LogP contribution in [0.25, 0.3) is 0 Å². The summed E-state index contributed by atoms with van der Waals surface area (Å²) in [7, 11) is 0. The molecule has 1 N–H and O–H groups in total. The van der Waals surface area contributed by atoms with Gasteiger partial charge in [-0.3, -0.25) is 0 Å². The van der Waals surface area contributed by atoms with Gasteiger partial charge in [-0.05, 0) is 49.8 Å². The van der Waals surface area contributed by atoms with Crippen LogP contribution in [0.1, 0.15) is 163 Å². The van der Waals surface area contributed by atoms with E-state index >= 15 is 0 Å². The van der Waals surface area contributed by atoms with E-state index < -0.39 is 11.9 Å². The lowest BCUT2D eigenvalue weighted by atomic mass is 10.0. The fraction of sp³-hybridized carbons (Fsp3) is 0.750. The number of rotatable bonds is 23. The Kier molecular flexibility index (Phi) is 19.0. The number of hydrogen-bond acceptors (Lipinski definition) is 3. The standard InChI is InChI=1S/C32H54O4/c1-4-5-6-7-8-9-12-15-18-24-30(25-19-16-13-10-11-14-17-21-27(2)3)36-32(35)29-23-20-22-28(26-29)31(33)34/h20,22-23,26-27,30H,4-19,21,24-25H2,1-3H3,(H,33,34). The molecule has 0 saturated carbocycles. The number of benzene rings is 1. The summed E-state index contributed by atoms with van der Waals surface area (Å²) < 4.78 is 5.89. The van der Waals surface area contributed by atoms with Crippen LogP contribution >= 0.6 is 0 Å². The molecule has 0 spiro atoms. The lowest BCUT2D eigenvalue weighted by Gasteiger charge is -2.18. The van der Waals surface area contributed by atoms with E-state index in [2.05, 4.69) is 20.8 Å². The highest BCUT2D eigenvalue weighted by Crippen LogP contribution is 2.19. The highest BCUT2D eigenvalue weighted by atomic mass is 16.5. The first-order chi connectivity index (χ1) is 17.4. The lowest BCUT2D eigenvalue weighted by Crippen LogP contribution is -2.19. The summed E-state index contributed by atoms with van der Waals surface area (Å²) >= 11 is 0. The Labute approximate surface area is 221 Å². The van der Waals surface area contributed by atoms with Gasteiger partial charge in [0.2, 0.25) is 0 Å². The number of unbranched alkanes of at least 4 members (excludes halogenated alkanes) is 14. The van der Waals surface area contributed by atoms with Crippen molar-refractivity contribution in [3.05, 3.63) is 35.4 Å². The van der Waals surface area contributed by atoms with Crippen LogP contribution in [0.4, 0.5) is 0 Å². The van der Waals surface area contributed by atoms with Crippen molar-refractivity contribution in [3.8, 4) is 0 Å². The van der Waals surface area contributed by atoms with Crippen molar-refractivity contribution in [2.75, 3.05) is 0 Å². The Bertz CT molecular complexity index is 697. The average molecular weight is 503 g/mol. The van der Waals surface area contributed by atoms with E-state index in [0.717, 1.165) is 31.6 Å². The van der Waals surface area contributed by atoms with Gasteiger partial charge >= 0.3 is 11.9 Å². The van der Waals surface area contributed by atoms with Crippen molar-refractivity contribution in [1.29, 1.82) is 0 Å². The van der Waals surface area contributed by atoms with Gasteiger partial charge in [0.25, 0.3) is 0 Å². The highest BCUT2D eigenvalue weighted by molar-refractivity contribution is 5.94. The number of esters is 1. The van der Waals surface area contributed by atoms with Crippen LogP contribution in [0.5, 0.6) is 0 Å². The molecule has 1 aromatic rings. The minimum atomic E-state index is -1.03. The van der Waals surface area contributed by atoms with E-state index in [4.69, 9.17) is 4.74 Å². The largest absolute Gasteiger partial charge is 0.478 e. The van der Waals surface area contributed by atoms with E-state index in [1.54, 1.807) is 12.1 Å². The summed E-state index contributed by atoms with van der Waals surface area (Å²) in [5, 5.41) is 9.23. The molecule has 1 aromatic carbocycles. The fourth-order valence-electron chi connectivity index (χ4n) is 4.75. The molecule has 0 heterocycles. The van der Waals surface area contributed by atoms with E-state index in [9.17, 15) is 14.7 Å². The number of carbonyl (C=O) groups excluding carboxylic acids is 1. The van der Waals surface area contributed by atoms with Crippen molar-refractivity contribution < 1.29 is 19.4 Å². The molecule has 0 aliphatic rings. The molecule has 0 radical (unpaired) electrons. The maximum Gasteiger partial charge on any atom is 0.338 e. The molecule has 0 saturated heterocycles. The van der Waals surface area contributed by atoms with Crippen molar-refractivity contribution in [3.63, 3.8) is 0 Å². The van der Waals surface area contributed by atoms with E-state index in [0.29, 0.717) is 5.56 Å². The van der Waals surface area contributed by atoms with E-state index in [1.807, 2.05) is 0 Å². The fourth-order valence-corrected chi connectivity index (χ4v) is 4.75. The quantitative estimate of drug-likeness (QED) is 0.119. The molecular weight excluding hydrogens is 448 g/mol. The Hall–Kier alpha value is -1.84. The minimum absolute atomic E-state index is 0.0819. The van der Waals surface area contributed by atoms with Gasteiger partial charge in [-0.1, -0.05) is 123 Å². The van der Waals surface area contributed by atoms with Gasteiger partial charge in [0.05, 0.1) is 11.1 Å². The summed E-state index contributed by atoms with van der Waals surface area (Å²) in [5.41, 5.74) is 0.446. The van der Waals surface area contributed by atoms with Crippen molar-refractivity contribution in [2.24, 2.45) is 5.92 Å². The second-order valence-corrected chi connectivity index (χ2v) is 11.0. The van der Waals surface area contributed by atoms with Crippen molar-refractivity contribution in [2.45, 2.75) is 149 Å². The van der Waals surface area contributed by atoms with Crippen LogP contribution in [0, 0.1) is 5.92 Å². The highest BCUT2D eigenvalue weighted by Gasteiger charge is 2.17. The minimum Gasteiger partial charge on any atom is -0.478 e. The van der Waals surface area contributed by atoms with Crippen LogP contribution < -0.4 is 0 Å². The number of carboxylic acids is 1. The Morgan fingerprint density at radius 3 is 1.61 bits per heavy atom. The van der Waals surface area contributed by atoms with Crippen LogP contribution in [-0.4, -0.2) is 23.1 Å². The third-order valence-electron chi connectivity index (χ3n) is 7.06. The lowest BCUT2D eigenvalue weighted by molar-refractivity contribution is 0.0249. The van der Waals surface area contributed by atoms with Gasteiger partial charge in [-0.2, -0.15) is 0 Å². The van der Waals surface area contributed by atoms with Crippen molar-refractivity contribution >= 4 is 11.9 Å². The predicted octanol–water partition coefficient (Wildman–Crippen LogP) is 10.00. The molecular formula is C32H54O4. The summed E-state index contributed by atoms with van der Waals surface area (Å²) in [6.45, 7) is 6.84. The molecule has 0 aromatic heterocycles. The number of ether oxygens (including phenoxy) is 1. The smallest absolute Gasteiger partial charge is 0.338 e. The van der Waals surface area contributed by atoms with E-state index in [-0.39, 0.29) is 11.7 Å². The molecule has 0 aliphatic carbocycles. The van der Waals surface area contributed by atoms with Crippen LogP contribution in [0.2, 0.25) is 0 Å². The van der Waals surface area contributed by atoms with Crippen LogP contribution in [0.3, 0.4) is 0 Å². The topological polar surface area (TPSA) is 63.6 Å². The second-order valence-electron chi connectivity index (χ2n) is 11.0. The van der Waals surface area contributed by atoms with E-state index in [1.165, 1.54) is 108 Å². The summed E-state index contributed by atoms with van der Waals surface area (Å²) in [4.78, 5) is 24.0. The van der Waals surface area contributed by atoms with Gasteiger partial charge in [-0.15, -0.1) is 0 Å². The van der Waals surface area contributed by atoms with Gasteiger partial charge in [0, 0.05) is 0 Å². The maximum atomic E-state index is 12.8. The maximum absolute atomic E-state index is 12.8. The normalized spacial score (nSPS) is 12.1. The van der Waals surface area contributed by atoms with Gasteiger partial charge in [0.1, 0.15) is 6.10 Å². The molecule has 206 valence electrons. The van der Waals surface area contributed by atoms with Crippen LogP contribution in [0.15, 0.2) is 24.3 Å². The molecule has 0 fully saturated rings. The SMILES string of the molecule is CCCCCCCCCCCC(CCCCCCCCCC(C)C)OC(=O)c1cccc(C(=O)O)c1. The molecule has 36 heavy (non-hydrogen) atoms. The summed E-state index contributed by atoms with van der Waals surface area (Å²) in [6, 6.07) is 6.17. The third-order valence-corrected chi connectivity index (χ3v) is 7.06. The predicted molar refractivity (Wildman–Crippen MR) is 151 cm³/mol. The van der Waals surface area contributed by atoms with Gasteiger partial charge in [-0.25, -0.2) is 9.59 Å². The Morgan fingerprint density at radius 2 is 1.14 bits per heavy atom. The number of carbonyl (C=O) groups is 2. The third kappa shape index (κ3) is 16.8.